The topological polar surface area (TPSA) is 143 Å². The molecule has 1 aliphatic rings. The minimum Gasteiger partial charge on any atom is -0.492 e. The van der Waals surface area contributed by atoms with Crippen LogP contribution in [0.4, 0.5) is 5.82 Å². The van der Waals surface area contributed by atoms with E-state index in [-0.39, 0.29) is 17.0 Å². The monoisotopic (exact) mass is 385 g/mol. The van der Waals surface area contributed by atoms with Crippen molar-refractivity contribution in [1.82, 2.24) is 29.7 Å². The van der Waals surface area contributed by atoms with E-state index in [0.29, 0.717) is 29.4 Å². The summed E-state index contributed by atoms with van der Waals surface area (Å²) in [5.74, 6) is -0.707. The molecule has 4 rings (SSSR count). The molecule has 148 valence electrons. The number of carbonyl (C=O) groups excluding carboxylic acids is 1. The molecule has 0 spiro atoms. The summed E-state index contributed by atoms with van der Waals surface area (Å²) < 4.78 is 2.67. The SMILES string of the molecule is CC(C)(C)Cn1c(=O)c(C(=O)NC2CC2)c(O)n2nc(-c3cc(N)[nH]n3)cc12. The van der Waals surface area contributed by atoms with Crippen molar-refractivity contribution in [3.8, 4) is 17.3 Å². The van der Waals surface area contributed by atoms with Crippen molar-refractivity contribution in [2.24, 2.45) is 5.41 Å². The van der Waals surface area contributed by atoms with Gasteiger partial charge >= 0.3 is 0 Å². The Bertz CT molecular complexity index is 1130. The Kier molecular flexibility index (Phi) is 3.95. The molecule has 3 heterocycles. The Hall–Kier alpha value is -3.30. The van der Waals surface area contributed by atoms with Crippen molar-refractivity contribution < 1.29 is 9.90 Å². The van der Waals surface area contributed by atoms with E-state index in [0.717, 1.165) is 12.8 Å². The number of hydrogen-bond acceptors (Lipinski definition) is 6. The van der Waals surface area contributed by atoms with E-state index < -0.39 is 17.3 Å². The minimum absolute atomic E-state index is 0.0540. The van der Waals surface area contributed by atoms with Crippen LogP contribution in [0.3, 0.4) is 0 Å². The lowest BCUT2D eigenvalue weighted by molar-refractivity contribution is 0.0944. The van der Waals surface area contributed by atoms with Crippen molar-refractivity contribution >= 4 is 17.4 Å². The van der Waals surface area contributed by atoms with Crippen LogP contribution in [0.1, 0.15) is 44.0 Å². The smallest absolute Gasteiger partial charge is 0.270 e. The van der Waals surface area contributed by atoms with Crippen LogP contribution in [0.2, 0.25) is 0 Å². The highest BCUT2D eigenvalue weighted by atomic mass is 16.3. The van der Waals surface area contributed by atoms with Gasteiger partial charge in [0, 0.05) is 24.7 Å². The number of aromatic amines is 1. The first-order valence-electron chi connectivity index (χ1n) is 9.12. The number of carbonyl (C=O) groups is 1. The number of nitrogen functional groups attached to an aromatic ring is 1. The number of anilines is 1. The van der Waals surface area contributed by atoms with E-state index in [2.05, 4.69) is 20.6 Å². The Balaban J connectivity index is 1.94. The second-order valence-electron chi connectivity index (χ2n) is 8.41. The second kappa shape index (κ2) is 6.11. The van der Waals surface area contributed by atoms with Gasteiger partial charge < -0.3 is 16.2 Å². The molecular formula is C18H23N7O3. The summed E-state index contributed by atoms with van der Waals surface area (Å²) in [6.07, 6.45) is 1.74. The number of nitrogens with zero attached hydrogens (tertiary/aromatic N) is 4. The third-order valence-corrected chi connectivity index (χ3v) is 4.48. The van der Waals surface area contributed by atoms with Gasteiger partial charge in [-0.2, -0.15) is 14.7 Å². The average Bonchev–Trinajstić information content (AvgIpc) is 3.12. The summed E-state index contributed by atoms with van der Waals surface area (Å²) >= 11 is 0. The van der Waals surface area contributed by atoms with Gasteiger partial charge in [0.1, 0.15) is 22.9 Å². The fourth-order valence-corrected chi connectivity index (χ4v) is 3.06. The number of rotatable bonds is 4. The lowest BCUT2D eigenvalue weighted by Gasteiger charge is -2.21. The highest BCUT2D eigenvalue weighted by Crippen LogP contribution is 2.26. The average molecular weight is 385 g/mol. The number of nitrogens with one attached hydrogen (secondary N) is 2. The largest absolute Gasteiger partial charge is 0.492 e. The summed E-state index contributed by atoms with van der Waals surface area (Å²) in [6, 6.07) is 3.30. The fourth-order valence-electron chi connectivity index (χ4n) is 3.06. The molecule has 10 heteroatoms. The lowest BCUT2D eigenvalue weighted by Crippen LogP contribution is -2.37. The van der Waals surface area contributed by atoms with Crippen LogP contribution in [0.15, 0.2) is 16.9 Å². The first-order chi connectivity index (χ1) is 13.1. The number of H-pyrrole nitrogens is 1. The first-order valence-corrected chi connectivity index (χ1v) is 9.12. The van der Waals surface area contributed by atoms with Crippen molar-refractivity contribution in [1.29, 1.82) is 0 Å². The molecule has 0 bridgehead atoms. The quantitative estimate of drug-likeness (QED) is 0.530. The molecule has 3 aromatic heterocycles. The lowest BCUT2D eigenvalue weighted by atomic mass is 9.97. The second-order valence-corrected chi connectivity index (χ2v) is 8.41. The van der Waals surface area contributed by atoms with Gasteiger partial charge in [-0.1, -0.05) is 20.8 Å². The van der Waals surface area contributed by atoms with E-state index in [4.69, 9.17) is 5.73 Å². The zero-order chi connectivity index (χ0) is 20.2. The number of hydrogen-bond donors (Lipinski definition) is 4. The Morgan fingerprint density at radius 1 is 1.36 bits per heavy atom. The molecule has 0 aliphatic heterocycles. The highest BCUT2D eigenvalue weighted by Gasteiger charge is 2.30. The highest BCUT2D eigenvalue weighted by molar-refractivity contribution is 5.96. The standard InChI is InChI=1S/C18H23N7O3/c1-18(2,3)8-24-13-7-11(10-6-12(19)22-21-10)23-25(13)17(28)14(16(24)27)15(26)20-9-4-5-9/h6-7,9,28H,4-5,8H2,1-3H3,(H,20,26)(H3,19,21,22). The van der Waals surface area contributed by atoms with Crippen LogP contribution in [0, 0.1) is 5.41 Å². The molecule has 5 N–H and O–H groups in total. The van der Waals surface area contributed by atoms with Gasteiger partial charge in [-0.05, 0) is 18.3 Å². The van der Waals surface area contributed by atoms with E-state index in [1.165, 1.54) is 9.08 Å². The van der Waals surface area contributed by atoms with E-state index >= 15 is 0 Å². The number of amides is 1. The molecule has 1 amide bonds. The molecule has 0 unspecified atom stereocenters. The van der Waals surface area contributed by atoms with Crippen molar-refractivity contribution in [2.45, 2.75) is 46.2 Å². The first kappa shape index (κ1) is 18.1. The predicted octanol–water partition coefficient (Wildman–Crippen LogP) is 1.11. The van der Waals surface area contributed by atoms with Crippen molar-refractivity contribution in [2.75, 3.05) is 5.73 Å². The molecule has 28 heavy (non-hydrogen) atoms. The van der Waals surface area contributed by atoms with Gasteiger partial charge in [-0.3, -0.25) is 19.3 Å². The summed E-state index contributed by atoms with van der Waals surface area (Å²) in [6.45, 7) is 6.29. The molecule has 1 saturated carbocycles. The number of aromatic nitrogens is 5. The van der Waals surface area contributed by atoms with E-state index in [1.54, 1.807) is 12.1 Å². The van der Waals surface area contributed by atoms with Gasteiger partial charge in [0.05, 0.1) is 0 Å². The maximum absolute atomic E-state index is 13.1. The molecule has 0 radical (unpaired) electrons. The molecular weight excluding hydrogens is 362 g/mol. The number of nitrogens with two attached hydrogens (primary N) is 1. The molecule has 1 fully saturated rings. The Morgan fingerprint density at radius 2 is 2.07 bits per heavy atom. The zero-order valence-corrected chi connectivity index (χ0v) is 16.0. The van der Waals surface area contributed by atoms with Crippen molar-refractivity contribution in [3.63, 3.8) is 0 Å². The molecule has 3 aromatic rings. The van der Waals surface area contributed by atoms with Crippen molar-refractivity contribution in [3.05, 3.63) is 28.0 Å². The van der Waals surface area contributed by atoms with E-state index in [9.17, 15) is 14.7 Å². The Labute approximate surface area is 160 Å². The van der Waals surface area contributed by atoms with E-state index in [1.807, 2.05) is 20.8 Å². The van der Waals surface area contributed by atoms with Gasteiger partial charge in [0.15, 0.2) is 5.56 Å². The molecule has 1 aliphatic carbocycles. The summed E-state index contributed by atoms with van der Waals surface area (Å²) in [4.78, 5) is 25.8. The van der Waals surface area contributed by atoms with Gasteiger partial charge in [-0.25, -0.2) is 0 Å². The van der Waals surface area contributed by atoms with Crippen LogP contribution in [0.5, 0.6) is 5.88 Å². The number of fused-ring (bicyclic) bond motifs is 1. The molecule has 0 saturated heterocycles. The molecule has 10 nitrogen and oxygen atoms in total. The maximum Gasteiger partial charge on any atom is 0.270 e. The summed E-state index contributed by atoms with van der Waals surface area (Å²) in [5.41, 5.74) is 5.85. The summed E-state index contributed by atoms with van der Waals surface area (Å²) in [7, 11) is 0. The fraction of sp³-hybridized carbons (Fsp3) is 0.444. The van der Waals surface area contributed by atoms with Gasteiger partial charge in [0.25, 0.3) is 11.5 Å². The van der Waals surface area contributed by atoms with Crippen LogP contribution in [0.25, 0.3) is 17.0 Å². The summed E-state index contributed by atoms with van der Waals surface area (Å²) in [5, 5.41) is 24.5. The van der Waals surface area contributed by atoms with Crippen LogP contribution in [-0.2, 0) is 6.54 Å². The Morgan fingerprint density at radius 3 is 2.64 bits per heavy atom. The van der Waals surface area contributed by atoms with Crippen LogP contribution < -0.4 is 16.6 Å². The maximum atomic E-state index is 13.1. The van der Waals surface area contributed by atoms with Gasteiger partial charge in [0.2, 0.25) is 5.88 Å². The van der Waals surface area contributed by atoms with Crippen LogP contribution in [-0.4, -0.2) is 41.4 Å². The molecule has 0 atom stereocenters. The zero-order valence-electron chi connectivity index (χ0n) is 16.0. The molecule has 0 aromatic carbocycles. The normalized spacial score (nSPS) is 14.5. The van der Waals surface area contributed by atoms with Crippen LogP contribution >= 0.6 is 0 Å². The number of aromatic hydroxyl groups is 1. The predicted molar refractivity (Wildman–Crippen MR) is 103 cm³/mol. The minimum atomic E-state index is -0.587. The third kappa shape index (κ3) is 3.21. The third-order valence-electron chi connectivity index (χ3n) is 4.48. The van der Waals surface area contributed by atoms with Gasteiger partial charge in [-0.15, -0.1) is 0 Å².